The number of hydrogen-bond donors (Lipinski definition) is 1. The monoisotopic (exact) mass is 293 g/mol. The number of rotatable bonds is 5. The molecular weight excluding hydrogens is 269 g/mol. The maximum absolute atomic E-state index is 13.3. The summed E-state index contributed by atoms with van der Waals surface area (Å²) in [6, 6.07) is 5.27. The number of carbonyl (C=O) groups is 1. The summed E-state index contributed by atoms with van der Waals surface area (Å²) in [5, 5.41) is 8.92. The van der Waals surface area contributed by atoms with E-state index in [4.69, 9.17) is 5.11 Å². The summed E-state index contributed by atoms with van der Waals surface area (Å²) in [6.45, 7) is 6.60. The van der Waals surface area contributed by atoms with Gasteiger partial charge < -0.3 is 5.11 Å². The lowest BCUT2D eigenvalue weighted by atomic mass is 9.84. The Kier molecular flexibility index (Phi) is 5.34. The van der Waals surface area contributed by atoms with Crippen LogP contribution < -0.4 is 0 Å². The van der Waals surface area contributed by atoms with Crippen molar-refractivity contribution in [2.45, 2.75) is 39.7 Å². The summed E-state index contributed by atoms with van der Waals surface area (Å²) >= 11 is 0. The summed E-state index contributed by atoms with van der Waals surface area (Å²) in [5.41, 5.74) is 1.81. The molecule has 21 heavy (non-hydrogen) atoms. The van der Waals surface area contributed by atoms with Crippen molar-refractivity contribution in [3.63, 3.8) is 0 Å². The third-order valence-electron chi connectivity index (χ3n) is 4.47. The molecule has 1 saturated heterocycles. The number of benzene rings is 1. The number of hydrogen-bond acceptors (Lipinski definition) is 2. The minimum absolute atomic E-state index is 0.162. The fourth-order valence-electron chi connectivity index (χ4n) is 3.20. The smallest absolute Gasteiger partial charge is 0.303 e. The zero-order valence-electron chi connectivity index (χ0n) is 12.8. The molecule has 4 heteroatoms. The first-order chi connectivity index (χ1) is 9.95. The molecule has 1 N–H and O–H groups in total. The second-order valence-corrected chi connectivity index (χ2v) is 6.30. The molecule has 1 aromatic carbocycles. The highest BCUT2D eigenvalue weighted by Crippen LogP contribution is 2.27. The molecule has 1 aromatic rings. The van der Waals surface area contributed by atoms with E-state index in [9.17, 15) is 9.18 Å². The molecule has 1 heterocycles. The molecule has 1 aliphatic heterocycles. The Labute approximate surface area is 125 Å². The summed E-state index contributed by atoms with van der Waals surface area (Å²) in [4.78, 5) is 13.2. The predicted octanol–water partition coefficient (Wildman–Crippen LogP) is 3.46. The SMILES string of the molecule is Cc1cc(CN2CCCC(C(C)CC(=O)O)C2)ccc1F. The van der Waals surface area contributed by atoms with Gasteiger partial charge in [-0.05, 0) is 55.3 Å². The summed E-state index contributed by atoms with van der Waals surface area (Å²) in [7, 11) is 0. The van der Waals surface area contributed by atoms with Crippen LogP contribution in [-0.2, 0) is 11.3 Å². The van der Waals surface area contributed by atoms with Gasteiger partial charge in [-0.15, -0.1) is 0 Å². The van der Waals surface area contributed by atoms with E-state index >= 15 is 0 Å². The van der Waals surface area contributed by atoms with Gasteiger partial charge in [0.15, 0.2) is 0 Å². The lowest BCUT2D eigenvalue weighted by Gasteiger charge is -2.35. The first-order valence-corrected chi connectivity index (χ1v) is 7.65. The van der Waals surface area contributed by atoms with Crippen LogP contribution in [0.5, 0.6) is 0 Å². The van der Waals surface area contributed by atoms with E-state index in [1.165, 1.54) is 6.07 Å². The molecule has 0 aromatic heterocycles. The standard InChI is InChI=1S/C17H24FNO2/c1-12(9-17(20)21)15-4-3-7-19(11-15)10-14-5-6-16(18)13(2)8-14/h5-6,8,12,15H,3-4,7,9-11H2,1-2H3,(H,20,21). The number of carboxylic acid groups (broad SMARTS) is 1. The number of halogens is 1. The van der Waals surface area contributed by atoms with E-state index in [0.717, 1.165) is 38.0 Å². The van der Waals surface area contributed by atoms with Crippen molar-refractivity contribution in [1.82, 2.24) is 4.90 Å². The second-order valence-electron chi connectivity index (χ2n) is 6.30. The molecule has 2 rings (SSSR count). The van der Waals surface area contributed by atoms with Gasteiger partial charge in [-0.3, -0.25) is 9.69 Å². The van der Waals surface area contributed by atoms with Gasteiger partial charge >= 0.3 is 5.97 Å². The van der Waals surface area contributed by atoms with Crippen molar-refractivity contribution in [1.29, 1.82) is 0 Å². The molecule has 0 amide bonds. The lowest BCUT2D eigenvalue weighted by molar-refractivity contribution is -0.138. The molecule has 0 bridgehead atoms. The largest absolute Gasteiger partial charge is 0.481 e. The Bertz CT molecular complexity index is 504. The third-order valence-corrected chi connectivity index (χ3v) is 4.47. The summed E-state index contributed by atoms with van der Waals surface area (Å²) in [6.07, 6.45) is 2.45. The van der Waals surface area contributed by atoms with Gasteiger partial charge in [0.1, 0.15) is 5.82 Å². The van der Waals surface area contributed by atoms with Gasteiger partial charge in [-0.2, -0.15) is 0 Å². The number of nitrogens with zero attached hydrogens (tertiary/aromatic N) is 1. The Morgan fingerprint density at radius 2 is 2.29 bits per heavy atom. The van der Waals surface area contributed by atoms with Crippen LogP contribution in [0.3, 0.4) is 0 Å². The van der Waals surface area contributed by atoms with Crippen LogP contribution in [0.1, 0.15) is 37.3 Å². The number of piperidine rings is 1. The lowest BCUT2D eigenvalue weighted by Crippen LogP contribution is -2.37. The normalized spacial score (nSPS) is 21.2. The van der Waals surface area contributed by atoms with Crippen molar-refractivity contribution >= 4 is 5.97 Å². The van der Waals surface area contributed by atoms with E-state index in [-0.39, 0.29) is 18.2 Å². The van der Waals surface area contributed by atoms with Gasteiger partial charge in [-0.25, -0.2) is 4.39 Å². The van der Waals surface area contributed by atoms with Gasteiger partial charge in [-0.1, -0.05) is 19.1 Å². The average Bonchev–Trinajstić information content (AvgIpc) is 2.42. The molecule has 2 unspecified atom stereocenters. The number of carboxylic acids is 1. The summed E-state index contributed by atoms with van der Waals surface area (Å²) < 4.78 is 13.3. The van der Waals surface area contributed by atoms with Crippen molar-refractivity contribution in [3.8, 4) is 0 Å². The number of likely N-dealkylation sites (tertiary alicyclic amines) is 1. The highest BCUT2D eigenvalue weighted by atomic mass is 19.1. The maximum Gasteiger partial charge on any atom is 0.303 e. The number of aliphatic carboxylic acids is 1. The molecule has 1 fully saturated rings. The van der Waals surface area contributed by atoms with Crippen LogP contribution in [0.4, 0.5) is 4.39 Å². The van der Waals surface area contributed by atoms with Crippen LogP contribution in [0.2, 0.25) is 0 Å². The highest BCUT2D eigenvalue weighted by Gasteiger charge is 2.26. The zero-order chi connectivity index (χ0) is 15.4. The van der Waals surface area contributed by atoms with Gasteiger partial charge in [0.2, 0.25) is 0 Å². The topological polar surface area (TPSA) is 40.5 Å². The molecule has 0 radical (unpaired) electrons. The maximum atomic E-state index is 13.3. The van der Waals surface area contributed by atoms with E-state index in [1.54, 1.807) is 6.92 Å². The van der Waals surface area contributed by atoms with Gasteiger partial charge in [0, 0.05) is 19.5 Å². The number of aryl methyl sites for hydroxylation is 1. The van der Waals surface area contributed by atoms with Gasteiger partial charge in [0.25, 0.3) is 0 Å². The van der Waals surface area contributed by atoms with Crippen molar-refractivity contribution in [2.75, 3.05) is 13.1 Å². The molecule has 0 aliphatic carbocycles. The highest BCUT2D eigenvalue weighted by molar-refractivity contribution is 5.67. The van der Waals surface area contributed by atoms with E-state index in [0.29, 0.717) is 11.5 Å². The molecular formula is C17H24FNO2. The fourth-order valence-corrected chi connectivity index (χ4v) is 3.20. The quantitative estimate of drug-likeness (QED) is 0.904. The van der Waals surface area contributed by atoms with Crippen molar-refractivity contribution < 1.29 is 14.3 Å². The zero-order valence-corrected chi connectivity index (χ0v) is 12.8. The predicted molar refractivity (Wildman–Crippen MR) is 80.6 cm³/mol. The molecule has 116 valence electrons. The average molecular weight is 293 g/mol. The van der Waals surface area contributed by atoms with E-state index in [2.05, 4.69) is 4.90 Å². The fraction of sp³-hybridized carbons (Fsp3) is 0.588. The Morgan fingerprint density at radius 3 is 2.95 bits per heavy atom. The third kappa shape index (κ3) is 4.53. The molecule has 0 saturated carbocycles. The van der Waals surface area contributed by atoms with Crippen LogP contribution in [0, 0.1) is 24.6 Å². The van der Waals surface area contributed by atoms with Crippen LogP contribution in [0.15, 0.2) is 18.2 Å². The first-order valence-electron chi connectivity index (χ1n) is 7.65. The Hall–Kier alpha value is -1.42. The minimum Gasteiger partial charge on any atom is -0.481 e. The molecule has 3 nitrogen and oxygen atoms in total. The minimum atomic E-state index is -0.714. The second kappa shape index (κ2) is 7.03. The molecule has 1 aliphatic rings. The van der Waals surface area contributed by atoms with Crippen LogP contribution >= 0.6 is 0 Å². The Morgan fingerprint density at radius 1 is 1.52 bits per heavy atom. The molecule has 0 spiro atoms. The van der Waals surface area contributed by atoms with E-state index in [1.807, 2.05) is 19.1 Å². The van der Waals surface area contributed by atoms with Crippen LogP contribution in [-0.4, -0.2) is 29.1 Å². The van der Waals surface area contributed by atoms with Crippen LogP contribution in [0.25, 0.3) is 0 Å². The van der Waals surface area contributed by atoms with E-state index < -0.39 is 5.97 Å². The van der Waals surface area contributed by atoms with Gasteiger partial charge in [0.05, 0.1) is 0 Å². The van der Waals surface area contributed by atoms with Crippen molar-refractivity contribution in [3.05, 3.63) is 35.1 Å². The van der Waals surface area contributed by atoms with Crippen molar-refractivity contribution in [2.24, 2.45) is 11.8 Å². The summed E-state index contributed by atoms with van der Waals surface area (Å²) in [5.74, 6) is -0.226. The Balaban J connectivity index is 1.94. The molecule has 2 atom stereocenters. The first kappa shape index (κ1) is 16.0.